The van der Waals surface area contributed by atoms with Gasteiger partial charge in [0.1, 0.15) is 29.8 Å². The third-order valence-electron chi connectivity index (χ3n) is 5.44. The quantitative estimate of drug-likeness (QED) is 0.456. The number of carbonyl (C=O) groups is 2. The van der Waals surface area contributed by atoms with E-state index in [-0.39, 0.29) is 29.9 Å². The maximum Gasteiger partial charge on any atom is 0.244 e. The first kappa shape index (κ1) is 28.8. The molecule has 1 atom stereocenters. The first-order valence-electron chi connectivity index (χ1n) is 11.3. The first-order chi connectivity index (χ1) is 16.9. The zero-order valence-corrected chi connectivity index (χ0v) is 22.6. The summed E-state index contributed by atoms with van der Waals surface area (Å²) in [4.78, 5) is 27.8. The normalized spacial score (nSPS) is 12.0. The van der Waals surface area contributed by atoms with Gasteiger partial charge >= 0.3 is 0 Å². The van der Waals surface area contributed by atoms with Gasteiger partial charge in [0.2, 0.25) is 21.8 Å². The molecule has 10 nitrogen and oxygen atoms in total. The fraction of sp³-hybridized carbons (Fsp3) is 0.440. The van der Waals surface area contributed by atoms with Crippen molar-refractivity contribution in [1.82, 2.24) is 10.2 Å². The van der Waals surface area contributed by atoms with Gasteiger partial charge in [0, 0.05) is 18.7 Å². The third-order valence-corrected chi connectivity index (χ3v) is 6.57. The van der Waals surface area contributed by atoms with Crippen molar-refractivity contribution in [3.63, 3.8) is 0 Å². The molecule has 1 N–H and O–H groups in total. The fourth-order valence-corrected chi connectivity index (χ4v) is 4.35. The molecule has 0 fully saturated rings. The van der Waals surface area contributed by atoms with E-state index >= 15 is 0 Å². The number of benzene rings is 2. The third kappa shape index (κ3) is 7.51. The zero-order chi connectivity index (χ0) is 27.0. The number of rotatable bonds is 12. The van der Waals surface area contributed by atoms with Crippen LogP contribution in [0.5, 0.6) is 17.2 Å². The topological polar surface area (TPSA) is 114 Å². The minimum atomic E-state index is -3.92. The van der Waals surface area contributed by atoms with Gasteiger partial charge in [-0.3, -0.25) is 13.9 Å². The molecule has 0 saturated carbocycles. The Morgan fingerprint density at radius 2 is 1.50 bits per heavy atom. The second-order valence-corrected chi connectivity index (χ2v) is 10.4. The molecule has 0 saturated heterocycles. The van der Waals surface area contributed by atoms with E-state index in [9.17, 15) is 18.0 Å². The van der Waals surface area contributed by atoms with Crippen LogP contribution in [0.2, 0.25) is 0 Å². The molecule has 36 heavy (non-hydrogen) atoms. The number of methoxy groups -OCH3 is 3. The van der Waals surface area contributed by atoms with E-state index in [1.54, 1.807) is 50.4 Å². The van der Waals surface area contributed by atoms with Gasteiger partial charge in [0.25, 0.3) is 0 Å². The van der Waals surface area contributed by atoms with Crippen LogP contribution in [-0.2, 0) is 26.2 Å². The average Bonchev–Trinajstić information content (AvgIpc) is 2.84. The highest BCUT2D eigenvalue weighted by atomic mass is 32.2. The molecule has 0 aliphatic heterocycles. The second-order valence-electron chi connectivity index (χ2n) is 8.52. The molecule has 2 aromatic rings. The summed E-state index contributed by atoms with van der Waals surface area (Å²) < 4.78 is 42.3. The highest BCUT2D eigenvalue weighted by Crippen LogP contribution is 2.34. The van der Waals surface area contributed by atoms with Crippen LogP contribution in [0.15, 0.2) is 42.5 Å². The number of sulfonamides is 1. The summed E-state index contributed by atoms with van der Waals surface area (Å²) in [6, 6.07) is 10.7. The number of anilines is 1. The lowest BCUT2D eigenvalue weighted by Gasteiger charge is -2.32. The van der Waals surface area contributed by atoms with E-state index < -0.39 is 28.5 Å². The van der Waals surface area contributed by atoms with E-state index in [0.717, 1.165) is 16.1 Å². The summed E-state index contributed by atoms with van der Waals surface area (Å²) in [6.07, 6.45) is 1.00. The molecule has 198 valence electrons. The number of amides is 2. The van der Waals surface area contributed by atoms with Gasteiger partial charge in [-0.15, -0.1) is 0 Å². The van der Waals surface area contributed by atoms with E-state index in [0.29, 0.717) is 11.5 Å². The molecule has 0 spiro atoms. The van der Waals surface area contributed by atoms with Gasteiger partial charge in [-0.25, -0.2) is 8.42 Å². The van der Waals surface area contributed by atoms with E-state index in [2.05, 4.69) is 5.32 Å². The number of nitrogens with one attached hydrogen (secondary N) is 1. The Morgan fingerprint density at radius 3 is 2.00 bits per heavy atom. The number of hydrogen-bond donors (Lipinski definition) is 1. The van der Waals surface area contributed by atoms with Crippen molar-refractivity contribution in [2.75, 3.05) is 38.4 Å². The first-order valence-corrected chi connectivity index (χ1v) is 13.2. The molecule has 0 aliphatic rings. The summed E-state index contributed by atoms with van der Waals surface area (Å²) in [5.41, 5.74) is 0.898. The standard InChI is InChI=1S/C25H35N3O7S/c1-17(2)26-25(30)18(3)27(15-19-8-10-20(33-4)11-9-19)24(29)16-28(36(7,31)32)22-14-21(34-5)12-13-23(22)35-6/h8-14,17-18H,15-16H2,1-7H3,(H,26,30)/t18-/m1/s1. The number of carbonyl (C=O) groups excluding carboxylic acids is 2. The second kappa shape index (κ2) is 12.5. The molecule has 11 heteroatoms. The van der Waals surface area contributed by atoms with Gasteiger partial charge < -0.3 is 24.4 Å². The molecule has 0 unspecified atom stereocenters. The van der Waals surface area contributed by atoms with E-state index in [4.69, 9.17) is 14.2 Å². The largest absolute Gasteiger partial charge is 0.497 e. The van der Waals surface area contributed by atoms with Crippen molar-refractivity contribution in [2.24, 2.45) is 0 Å². The highest BCUT2D eigenvalue weighted by Gasteiger charge is 2.31. The molecule has 0 aliphatic carbocycles. The molecule has 0 bridgehead atoms. The fourth-order valence-electron chi connectivity index (χ4n) is 3.50. The molecule has 2 aromatic carbocycles. The van der Waals surface area contributed by atoms with Crippen molar-refractivity contribution >= 4 is 27.5 Å². The van der Waals surface area contributed by atoms with Crippen molar-refractivity contribution < 1.29 is 32.2 Å². The van der Waals surface area contributed by atoms with Crippen LogP contribution < -0.4 is 23.8 Å². The molecule has 0 radical (unpaired) electrons. The Balaban J connectivity index is 2.47. The van der Waals surface area contributed by atoms with Crippen LogP contribution in [0.3, 0.4) is 0 Å². The lowest BCUT2D eigenvalue weighted by atomic mass is 10.1. The summed E-state index contributed by atoms with van der Waals surface area (Å²) in [6.45, 7) is 4.79. The predicted octanol–water partition coefficient (Wildman–Crippen LogP) is 2.42. The Labute approximate surface area is 213 Å². The van der Waals surface area contributed by atoms with Crippen molar-refractivity contribution in [3.05, 3.63) is 48.0 Å². The van der Waals surface area contributed by atoms with Crippen LogP contribution in [0.4, 0.5) is 5.69 Å². The maximum absolute atomic E-state index is 13.6. The van der Waals surface area contributed by atoms with Crippen LogP contribution in [0.1, 0.15) is 26.3 Å². The maximum atomic E-state index is 13.6. The zero-order valence-electron chi connectivity index (χ0n) is 21.8. The lowest BCUT2D eigenvalue weighted by Crippen LogP contribution is -2.52. The molecule has 2 rings (SSSR count). The smallest absolute Gasteiger partial charge is 0.244 e. The van der Waals surface area contributed by atoms with Gasteiger partial charge in [-0.2, -0.15) is 0 Å². The molecular weight excluding hydrogens is 486 g/mol. The predicted molar refractivity (Wildman–Crippen MR) is 138 cm³/mol. The van der Waals surface area contributed by atoms with Crippen LogP contribution in [0, 0.1) is 0 Å². The number of hydrogen-bond acceptors (Lipinski definition) is 7. The monoisotopic (exact) mass is 521 g/mol. The van der Waals surface area contributed by atoms with Crippen molar-refractivity contribution in [3.8, 4) is 17.2 Å². The van der Waals surface area contributed by atoms with Crippen LogP contribution in [-0.4, -0.2) is 71.3 Å². The van der Waals surface area contributed by atoms with Crippen LogP contribution in [0.25, 0.3) is 0 Å². The Hall–Kier alpha value is -3.47. The Morgan fingerprint density at radius 1 is 0.917 bits per heavy atom. The van der Waals surface area contributed by atoms with Gasteiger partial charge in [-0.1, -0.05) is 12.1 Å². The summed E-state index contributed by atoms with van der Waals surface area (Å²) >= 11 is 0. The summed E-state index contributed by atoms with van der Waals surface area (Å²) in [5.74, 6) is 0.382. The minimum Gasteiger partial charge on any atom is -0.497 e. The molecule has 0 heterocycles. The average molecular weight is 522 g/mol. The Kier molecular flexibility index (Phi) is 9.97. The van der Waals surface area contributed by atoms with Gasteiger partial charge in [0.05, 0.1) is 33.3 Å². The van der Waals surface area contributed by atoms with E-state index in [1.807, 2.05) is 13.8 Å². The SMILES string of the molecule is COc1ccc(CN(C(=O)CN(c2cc(OC)ccc2OC)S(C)(=O)=O)[C@H](C)C(=O)NC(C)C)cc1. The molecular formula is C25H35N3O7S. The van der Waals surface area contributed by atoms with Crippen molar-refractivity contribution in [2.45, 2.75) is 39.4 Å². The van der Waals surface area contributed by atoms with Crippen LogP contribution >= 0.6 is 0 Å². The summed E-state index contributed by atoms with van der Waals surface area (Å²) in [7, 11) is 0.490. The molecule has 0 aromatic heterocycles. The summed E-state index contributed by atoms with van der Waals surface area (Å²) in [5, 5.41) is 2.81. The van der Waals surface area contributed by atoms with E-state index in [1.165, 1.54) is 25.2 Å². The highest BCUT2D eigenvalue weighted by molar-refractivity contribution is 7.92. The number of ether oxygens (including phenoxy) is 3. The molecule has 2 amide bonds. The van der Waals surface area contributed by atoms with Crippen molar-refractivity contribution in [1.29, 1.82) is 0 Å². The van der Waals surface area contributed by atoms with Gasteiger partial charge in [-0.05, 0) is 50.6 Å². The Bertz CT molecular complexity index is 1150. The number of nitrogens with zero attached hydrogens (tertiary/aromatic N) is 2. The lowest BCUT2D eigenvalue weighted by molar-refractivity contribution is -0.139. The van der Waals surface area contributed by atoms with Gasteiger partial charge in [0.15, 0.2) is 0 Å². The minimum absolute atomic E-state index is 0.0857.